The molecule has 0 N–H and O–H groups in total. The topological polar surface area (TPSA) is 12.9 Å². The minimum Gasteiger partial charge on any atom is -0.256 e. The highest BCUT2D eigenvalue weighted by atomic mass is 14.7. The lowest BCUT2D eigenvalue weighted by Gasteiger charge is -2.05. The Kier molecular flexibility index (Phi) is 3.60. The summed E-state index contributed by atoms with van der Waals surface area (Å²) in [7, 11) is 0. The molecule has 0 atom stereocenters. The molecule has 0 bridgehead atoms. The van der Waals surface area contributed by atoms with Gasteiger partial charge in [0.1, 0.15) is 0 Å². The summed E-state index contributed by atoms with van der Waals surface area (Å²) in [5.74, 6) is 0. The molecule has 0 saturated heterocycles. The first kappa shape index (κ1) is 12.6. The molecule has 1 heteroatoms. The lowest BCUT2D eigenvalue weighted by molar-refractivity contribution is 1.11. The zero-order valence-corrected chi connectivity index (χ0v) is 11.6. The van der Waals surface area contributed by atoms with E-state index in [4.69, 9.17) is 0 Å². The number of rotatable bonds is 3. The molecule has 3 aromatic rings. The maximum Gasteiger partial charge on any atom is 0.0702 e. The van der Waals surface area contributed by atoms with Gasteiger partial charge in [-0.15, -0.1) is 0 Å². The fraction of sp³-hybridized carbons (Fsp3) is 0.105. The van der Waals surface area contributed by atoms with Crippen molar-refractivity contribution in [2.45, 2.75) is 13.3 Å². The van der Waals surface area contributed by atoms with Crippen LogP contribution in [0.2, 0.25) is 0 Å². The van der Waals surface area contributed by atoms with E-state index in [0.717, 1.165) is 17.7 Å². The largest absolute Gasteiger partial charge is 0.256 e. The smallest absolute Gasteiger partial charge is 0.0702 e. The fourth-order valence-corrected chi connectivity index (χ4v) is 2.27. The van der Waals surface area contributed by atoms with E-state index in [1.165, 1.54) is 16.7 Å². The highest BCUT2D eigenvalue weighted by Crippen LogP contribution is 2.23. The first-order chi connectivity index (χ1) is 9.86. The lowest BCUT2D eigenvalue weighted by atomic mass is 10.0. The second-order valence-electron chi connectivity index (χ2n) is 4.85. The van der Waals surface area contributed by atoms with Gasteiger partial charge in [0.15, 0.2) is 0 Å². The van der Waals surface area contributed by atoms with Gasteiger partial charge in [-0.05, 0) is 29.2 Å². The molecule has 2 aromatic carbocycles. The standard InChI is InChI=1S/C19H17N/c1-2-15-8-13-19(20-14-15)18-11-9-17(10-12-18)16-6-4-3-5-7-16/h3-14H,2H2,1H3. The SMILES string of the molecule is CCc1ccc(-c2ccc(-c3ccccc3)cc2)nc1. The summed E-state index contributed by atoms with van der Waals surface area (Å²) >= 11 is 0. The molecular formula is C19H17N. The van der Waals surface area contributed by atoms with E-state index in [0.29, 0.717) is 0 Å². The third kappa shape index (κ3) is 2.62. The highest BCUT2D eigenvalue weighted by molar-refractivity contribution is 5.68. The lowest BCUT2D eigenvalue weighted by Crippen LogP contribution is -1.86. The van der Waals surface area contributed by atoms with Crippen LogP contribution in [0.25, 0.3) is 22.4 Å². The minimum atomic E-state index is 1.03. The van der Waals surface area contributed by atoms with Gasteiger partial charge in [0.05, 0.1) is 5.69 Å². The minimum absolute atomic E-state index is 1.03. The maximum absolute atomic E-state index is 4.52. The Morgan fingerprint density at radius 1 is 0.700 bits per heavy atom. The molecule has 1 heterocycles. The number of aromatic nitrogens is 1. The Morgan fingerprint density at radius 3 is 1.95 bits per heavy atom. The molecule has 98 valence electrons. The summed E-state index contributed by atoms with van der Waals surface area (Å²) in [5, 5.41) is 0. The third-order valence-corrected chi connectivity index (χ3v) is 3.52. The van der Waals surface area contributed by atoms with E-state index in [1.54, 1.807) is 0 Å². The van der Waals surface area contributed by atoms with E-state index < -0.39 is 0 Å². The van der Waals surface area contributed by atoms with Crippen LogP contribution in [-0.4, -0.2) is 4.98 Å². The van der Waals surface area contributed by atoms with Crippen LogP contribution in [0.15, 0.2) is 72.9 Å². The fourth-order valence-electron chi connectivity index (χ4n) is 2.27. The zero-order valence-electron chi connectivity index (χ0n) is 11.6. The summed E-state index contributed by atoms with van der Waals surface area (Å²) in [5.41, 5.74) is 5.94. The first-order valence-corrected chi connectivity index (χ1v) is 6.97. The zero-order chi connectivity index (χ0) is 13.8. The van der Waals surface area contributed by atoms with E-state index in [-0.39, 0.29) is 0 Å². The summed E-state index contributed by atoms with van der Waals surface area (Å²) < 4.78 is 0. The molecule has 0 spiro atoms. The van der Waals surface area contributed by atoms with Crippen molar-refractivity contribution in [2.75, 3.05) is 0 Å². The van der Waals surface area contributed by atoms with Crippen molar-refractivity contribution < 1.29 is 0 Å². The molecule has 0 amide bonds. The number of pyridine rings is 1. The van der Waals surface area contributed by atoms with Crippen LogP contribution in [-0.2, 0) is 6.42 Å². The van der Waals surface area contributed by atoms with Crippen molar-refractivity contribution in [3.63, 3.8) is 0 Å². The van der Waals surface area contributed by atoms with Crippen molar-refractivity contribution in [2.24, 2.45) is 0 Å². The van der Waals surface area contributed by atoms with Crippen LogP contribution >= 0.6 is 0 Å². The molecule has 3 rings (SSSR count). The van der Waals surface area contributed by atoms with Gasteiger partial charge in [0.25, 0.3) is 0 Å². The van der Waals surface area contributed by atoms with Crippen molar-refractivity contribution >= 4 is 0 Å². The van der Waals surface area contributed by atoms with Gasteiger partial charge >= 0.3 is 0 Å². The molecule has 0 unspecified atom stereocenters. The predicted octanol–water partition coefficient (Wildman–Crippen LogP) is 4.98. The third-order valence-electron chi connectivity index (χ3n) is 3.52. The van der Waals surface area contributed by atoms with Crippen LogP contribution in [0, 0.1) is 0 Å². The van der Waals surface area contributed by atoms with Crippen molar-refractivity contribution in [1.29, 1.82) is 0 Å². The van der Waals surface area contributed by atoms with Crippen LogP contribution in [0.5, 0.6) is 0 Å². The normalized spacial score (nSPS) is 10.4. The van der Waals surface area contributed by atoms with Gasteiger partial charge in [-0.25, -0.2) is 0 Å². The van der Waals surface area contributed by atoms with E-state index in [1.807, 2.05) is 12.3 Å². The first-order valence-electron chi connectivity index (χ1n) is 6.97. The monoisotopic (exact) mass is 259 g/mol. The van der Waals surface area contributed by atoms with Crippen LogP contribution < -0.4 is 0 Å². The van der Waals surface area contributed by atoms with Crippen molar-refractivity contribution in [1.82, 2.24) is 4.98 Å². The second-order valence-corrected chi connectivity index (χ2v) is 4.85. The maximum atomic E-state index is 4.52. The number of aryl methyl sites for hydroxylation is 1. The summed E-state index contributed by atoms with van der Waals surface area (Å²) in [6.45, 7) is 2.14. The Hall–Kier alpha value is -2.41. The van der Waals surface area contributed by atoms with E-state index in [9.17, 15) is 0 Å². The van der Waals surface area contributed by atoms with Gasteiger partial charge < -0.3 is 0 Å². The Balaban J connectivity index is 1.89. The Bertz CT molecular complexity index is 667. The number of nitrogens with zero attached hydrogens (tertiary/aromatic N) is 1. The molecule has 20 heavy (non-hydrogen) atoms. The molecule has 0 fully saturated rings. The average molecular weight is 259 g/mol. The van der Waals surface area contributed by atoms with Crippen molar-refractivity contribution in [3.8, 4) is 22.4 Å². The van der Waals surface area contributed by atoms with Gasteiger partial charge in [0, 0.05) is 11.8 Å². The predicted molar refractivity (Wildman–Crippen MR) is 84.5 cm³/mol. The quantitative estimate of drug-likeness (QED) is 0.646. The average Bonchev–Trinajstić information content (AvgIpc) is 2.56. The van der Waals surface area contributed by atoms with Crippen LogP contribution in [0.3, 0.4) is 0 Å². The van der Waals surface area contributed by atoms with Gasteiger partial charge in [-0.1, -0.05) is 67.6 Å². The van der Waals surface area contributed by atoms with Gasteiger partial charge in [-0.3, -0.25) is 4.98 Å². The Morgan fingerprint density at radius 2 is 1.35 bits per heavy atom. The highest BCUT2D eigenvalue weighted by Gasteiger charge is 2.01. The summed E-state index contributed by atoms with van der Waals surface area (Å²) in [6, 6.07) is 23.2. The molecule has 1 aromatic heterocycles. The van der Waals surface area contributed by atoms with E-state index >= 15 is 0 Å². The second kappa shape index (κ2) is 5.70. The molecule has 0 aliphatic rings. The van der Waals surface area contributed by atoms with Crippen LogP contribution in [0.1, 0.15) is 12.5 Å². The molecule has 1 nitrogen and oxygen atoms in total. The molecule has 0 aliphatic carbocycles. The molecule has 0 saturated carbocycles. The number of hydrogen-bond donors (Lipinski definition) is 0. The number of benzene rings is 2. The summed E-state index contributed by atoms with van der Waals surface area (Å²) in [4.78, 5) is 4.52. The van der Waals surface area contributed by atoms with Crippen LogP contribution in [0.4, 0.5) is 0 Å². The number of hydrogen-bond acceptors (Lipinski definition) is 1. The Labute approximate surface area is 119 Å². The van der Waals surface area contributed by atoms with Gasteiger partial charge in [-0.2, -0.15) is 0 Å². The molecular weight excluding hydrogens is 242 g/mol. The van der Waals surface area contributed by atoms with E-state index in [2.05, 4.69) is 72.6 Å². The molecule has 0 aliphatic heterocycles. The van der Waals surface area contributed by atoms with Gasteiger partial charge in [0.2, 0.25) is 0 Å². The molecule has 0 radical (unpaired) electrons. The van der Waals surface area contributed by atoms with Crippen molar-refractivity contribution in [3.05, 3.63) is 78.5 Å². The summed E-state index contributed by atoms with van der Waals surface area (Å²) in [6.07, 6.45) is 2.99.